The largest absolute Gasteiger partial charge is 0.491 e. The van der Waals surface area contributed by atoms with Crippen molar-refractivity contribution in [1.29, 1.82) is 0 Å². The molecule has 1 amide bonds. The first-order valence-electron chi connectivity index (χ1n) is 7.45. The van der Waals surface area contributed by atoms with Crippen molar-refractivity contribution in [2.75, 3.05) is 18.2 Å². The Kier molecular flexibility index (Phi) is 6.32. The lowest BCUT2D eigenvalue weighted by Gasteiger charge is -2.13. The van der Waals surface area contributed by atoms with E-state index < -0.39 is 15.7 Å². The molecule has 134 valence electrons. The highest BCUT2D eigenvalue weighted by Gasteiger charge is 2.17. The second-order valence-corrected chi connectivity index (χ2v) is 8.22. The summed E-state index contributed by atoms with van der Waals surface area (Å²) in [7, 11) is -3.46. The second-order valence-electron chi connectivity index (χ2n) is 5.36. The molecule has 8 heteroatoms. The summed E-state index contributed by atoms with van der Waals surface area (Å²) in [6.45, 7) is 2.44. The van der Waals surface area contributed by atoms with Gasteiger partial charge in [-0.05, 0) is 42.8 Å². The van der Waals surface area contributed by atoms with Gasteiger partial charge >= 0.3 is 0 Å². The molecule has 0 saturated carbocycles. The third kappa shape index (κ3) is 5.11. The van der Waals surface area contributed by atoms with Gasteiger partial charge in [-0.3, -0.25) is 4.79 Å². The van der Waals surface area contributed by atoms with Crippen LogP contribution < -0.4 is 10.1 Å². The summed E-state index contributed by atoms with van der Waals surface area (Å²) in [4.78, 5) is 12.6. The minimum atomic E-state index is -3.46. The number of rotatable bonds is 6. The van der Waals surface area contributed by atoms with Crippen LogP contribution in [0.3, 0.4) is 0 Å². The smallest absolute Gasteiger partial charge is 0.257 e. The van der Waals surface area contributed by atoms with Crippen LogP contribution in [-0.2, 0) is 9.84 Å². The van der Waals surface area contributed by atoms with Crippen molar-refractivity contribution in [3.63, 3.8) is 0 Å². The number of anilines is 1. The van der Waals surface area contributed by atoms with E-state index in [0.29, 0.717) is 23.1 Å². The van der Waals surface area contributed by atoms with Gasteiger partial charge in [0.25, 0.3) is 5.91 Å². The van der Waals surface area contributed by atoms with E-state index in [0.717, 1.165) is 12.7 Å². The van der Waals surface area contributed by atoms with Gasteiger partial charge in [0, 0.05) is 11.3 Å². The summed E-state index contributed by atoms with van der Waals surface area (Å²) in [5, 5.41) is 3.24. The highest BCUT2D eigenvalue weighted by atomic mass is 35.5. The zero-order chi connectivity index (χ0) is 18.6. The topological polar surface area (TPSA) is 72.5 Å². The van der Waals surface area contributed by atoms with Crippen LogP contribution in [0.1, 0.15) is 23.7 Å². The van der Waals surface area contributed by atoms with Gasteiger partial charge in [0.05, 0.1) is 27.8 Å². The number of nitrogens with one attached hydrogen (secondary N) is 1. The van der Waals surface area contributed by atoms with Crippen molar-refractivity contribution in [3.05, 3.63) is 52.0 Å². The summed E-state index contributed by atoms with van der Waals surface area (Å²) in [5.74, 6) is -0.0888. The van der Waals surface area contributed by atoms with E-state index in [4.69, 9.17) is 27.9 Å². The van der Waals surface area contributed by atoms with E-state index in [1.807, 2.05) is 6.92 Å². The average Bonchev–Trinajstić information content (AvgIpc) is 2.53. The molecule has 0 fully saturated rings. The molecule has 2 rings (SSSR count). The maximum atomic E-state index is 12.6. The fraction of sp³-hybridized carbons (Fsp3) is 0.235. The minimum Gasteiger partial charge on any atom is -0.491 e. The van der Waals surface area contributed by atoms with Crippen molar-refractivity contribution in [2.45, 2.75) is 18.2 Å². The molecule has 5 nitrogen and oxygen atoms in total. The van der Waals surface area contributed by atoms with E-state index in [1.165, 1.54) is 18.2 Å². The van der Waals surface area contributed by atoms with E-state index in [9.17, 15) is 13.2 Å². The molecule has 0 atom stereocenters. The van der Waals surface area contributed by atoms with Gasteiger partial charge in [-0.15, -0.1) is 0 Å². The Morgan fingerprint density at radius 2 is 1.88 bits per heavy atom. The van der Waals surface area contributed by atoms with Crippen LogP contribution >= 0.6 is 23.2 Å². The van der Waals surface area contributed by atoms with Gasteiger partial charge < -0.3 is 10.1 Å². The Bertz CT molecular complexity index is 898. The first-order chi connectivity index (χ1) is 11.7. The van der Waals surface area contributed by atoms with Crippen LogP contribution in [-0.4, -0.2) is 27.2 Å². The number of halogens is 2. The summed E-state index contributed by atoms with van der Waals surface area (Å²) >= 11 is 12.0. The van der Waals surface area contributed by atoms with E-state index in [-0.39, 0.29) is 15.5 Å². The summed E-state index contributed by atoms with van der Waals surface area (Å²) < 4.78 is 28.9. The van der Waals surface area contributed by atoms with Gasteiger partial charge in [0.1, 0.15) is 5.75 Å². The van der Waals surface area contributed by atoms with Crippen molar-refractivity contribution >= 4 is 44.6 Å². The number of hydrogen-bond acceptors (Lipinski definition) is 4. The van der Waals surface area contributed by atoms with E-state index >= 15 is 0 Å². The number of amides is 1. The maximum absolute atomic E-state index is 12.6. The molecule has 0 saturated heterocycles. The van der Waals surface area contributed by atoms with Crippen LogP contribution in [0.25, 0.3) is 0 Å². The predicted octanol–water partition coefficient (Wildman–Crippen LogP) is 4.44. The fourth-order valence-electron chi connectivity index (χ4n) is 2.04. The lowest BCUT2D eigenvalue weighted by atomic mass is 10.2. The third-order valence-corrected chi connectivity index (χ3v) is 4.94. The zero-order valence-electron chi connectivity index (χ0n) is 13.7. The first kappa shape index (κ1) is 19.6. The minimum absolute atomic E-state index is 0.00982. The fourth-order valence-corrected chi connectivity index (χ4v) is 3.06. The van der Waals surface area contributed by atoms with Crippen molar-refractivity contribution in [1.82, 2.24) is 0 Å². The lowest BCUT2D eigenvalue weighted by molar-refractivity contribution is 0.102. The maximum Gasteiger partial charge on any atom is 0.257 e. The number of benzene rings is 2. The monoisotopic (exact) mass is 401 g/mol. The molecule has 2 aromatic carbocycles. The van der Waals surface area contributed by atoms with Crippen LogP contribution in [0.5, 0.6) is 5.75 Å². The molecule has 0 aliphatic carbocycles. The van der Waals surface area contributed by atoms with Crippen LogP contribution in [0.15, 0.2) is 41.3 Å². The number of carbonyl (C=O) groups excluding carboxylic acids is 1. The Labute approximate surface area is 156 Å². The molecule has 1 N–H and O–H groups in total. The standard InChI is InChI=1S/C17H17Cl2NO4S/c1-3-8-24-16-7-4-11(18)9-15(16)20-17(21)13-10-12(25(2,22)23)5-6-14(13)19/h4-7,9-10H,3,8H2,1-2H3,(H,20,21). The van der Waals surface area contributed by atoms with Gasteiger partial charge in [0.2, 0.25) is 0 Å². The number of ether oxygens (including phenoxy) is 1. The molecule has 0 radical (unpaired) electrons. The summed E-state index contributed by atoms with van der Waals surface area (Å²) in [5.41, 5.74) is 0.429. The molecule has 0 aliphatic rings. The SMILES string of the molecule is CCCOc1ccc(Cl)cc1NC(=O)c1cc(S(C)(=O)=O)ccc1Cl. The molecule has 0 bridgehead atoms. The normalized spacial score (nSPS) is 11.2. The number of carbonyl (C=O) groups is 1. The van der Waals surface area contributed by atoms with Crippen LogP contribution in [0.2, 0.25) is 10.0 Å². The average molecular weight is 402 g/mol. The van der Waals surface area contributed by atoms with Crippen molar-refractivity contribution in [3.8, 4) is 5.75 Å². The third-order valence-electron chi connectivity index (χ3n) is 3.26. The Hall–Kier alpha value is -1.76. The Morgan fingerprint density at radius 3 is 2.52 bits per heavy atom. The van der Waals surface area contributed by atoms with E-state index in [1.54, 1.807) is 18.2 Å². The predicted molar refractivity (Wildman–Crippen MR) is 99.8 cm³/mol. The quantitative estimate of drug-likeness (QED) is 0.776. The molecule has 0 unspecified atom stereocenters. The van der Waals surface area contributed by atoms with Crippen molar-refractivity contribution < 1.29 is 17.9 Å². The summed E-state index contributed by atoms with van der Waals surface area (Å²) in [6, 6.07) is 8.83. The van der Waals surface area contributed by atoms with E-state index in [2.05, 4.69) is 5.32 Å². The molecule has 0 spiro atoms. The zero-order valence-corrected chi connectivity index (χ0v) is 16.0. The molecule has 25 heavy (non-hydrogen) atoms. The Balaban J connectivity index is 2.36. The second kappa shape index (κ2) is 8.08. The van der Waals surface area contributed by atoms with Crippen LogP contribution in [0, 0.1) is 0 Å². The number of sulfone groups is 1. The number of hydrogen-bond donors (Lipinski definition) is 1. The molecule has 0 heterocycles. The molecular formula is C17H17Cl2NO4S. The van der Waals surface area contributed by atoms with Gasteiger partial charge in [-0.1, -0.05) is 30.1 Å². The summed E-state index contributed by atoms with van der Waals surface area (Å²) in [6.07, 6.45) is 1.86. The highest BCUT2D eigenvalue weighted by Crippen LogP contribution is 2.30. The van der Waals surface area contributed by atoms with Crippen LogP contribution in [0.4, 0.5) is 5.69 Å². The Morgan fingerprint density at radius 1 is 1.16 bits per heavy atom. The van der Waals surface area contributed by atoms with Gasteiger partial charge in [-0.2, -0.15) is 0 Å². The molecule has 2 aromatic rings. The molecule has 0 aromatic heterocycles. The lowest BCUT2D eigenvalue weighted by Crippen LogP contribution is -2.14. The highest BCUT2D eigenvalue weighted by molar-refractivity contribution is 7.90. The van der Waals surface area contributed by atoms with Gasteiger partial charge in [0.15, 0.2) is 9.84 Å². The van der Waals surface area contributed by atoms with Gasteiger partial charge in [-0.25, -0.2) is 8.42 Å². The molecule has 0 aliphatic heterocycles. The molecular weight excluding hydrogens is 385 g/mol. The first-order valence-corrected chi connectivity index (χ1v) is 10.1. The van der Waals surface area contributed by atoms with Crippen molar-refractivity contribution in [2.24, 2.45) is 0 Å².